The lowest BCUT2D eigenvalue weighted by molar-refractivity contribution is -0.336. The molecule has 1 rings (SSSR count). The summed E-state index contributed by atoms with van der Waals surface area (Å²) in [6.07, 6.45) is -3.55. The molecule has 0 radical (unpaired) electrons. The maximum Gasteiger partial charge on any atom is 0.408 e. The van der Waals surface area contributed by atoms with Gasteiger partial charge in [0.15, 0.2) is 0 Å². The maximum absolute atomic E-state index is 13.0. The number of hydrogen-bond donors (Lipinski definition) is 6. The number of amides is 2. The van der Waals surface area contributed by atoms with E-state index in [1.165, 1.54) is 6.92 Å². The molecule has 1 aliphatic rings. The minimum Gasteiger partial charge on any atom is -0.465 e. The van der Waals surface area contributed by atoms with Crippen LogP contribution in [0.1, 0.15) is 34.1 Å². The van der Waals surface area contributed by atoms with Crippen LogP contribution in [-0.2, 0) is 38.0 Å². The minimum absolute atomic E-state index is 0.0581. The van der Waals surface area contributed by atoms with Crippen molar-refractivity contribution in [1.29, 1.82) is 0 Å². The predicted molar refractivity (Wildman–Crippen MR) is 137 cm³/mol. The topological polar surface area (TPSA) is 212 Å². The average molecular weight is 579 g/mol. The number of rotatable bonds is 15. The van der Waals surface area contributed by atoms with Crippen LogP contribution >= 0.6 is 0 Å². The standard InChI is InChI=1S/C25H42N2O13/c1-7-9-36-10-11-37-12-13-38-25(22(33)35-6)21(32)18(26-16(30)8-2)17(27-23(34)40-24(3,4)5)20(39-25)19(31)15(29)14-28/h1,15,17-21,28-29,31-32H,8-14H2,2-6H3,(H,26,30)(H,27,34)/t15-,17-,18-,19-,20-,21+,25-/m1/s1. The molecule has 6 N–H and O–H groups in total. The minimum atomic E-state index is -2.67. The van der Waals surface area contributed by atoms with Crippen LogP contribution in [0.2, 0.25) is 0 Å². The molecule has 1 heterocycles. The summed E-state index contributed by atoms with van der Waals surface area (Å²) < 4.78 is 31.9. The highest BCUT2D eigenvalue weighted by Gasteiger charge is 2.63. The second-order valence-corrected chi connectivity index (χ2v) is 9.76. The molecule has 0 aromatic rings. The van der Waals surface area contributed by atoms with Gasteiger partial charge in [-0.2, -0.15) is 0 Å². The van der Waals surface area contributed by atoms with Crippen LogP contribution in [0.15, 0.2) is 0 Å². The summed E-state index contributed by atoms with van der Waals surface area (Å²) in [5, 5.41) is 46.9. The van der Waals surface area contributed by atoms with E-state index < -0.39 is 72.5 Å². The number of esters is 1. The van der Waals surface area contributed by atoms with E-state index in [9.17, 15) is 34.8 Å². The molecule has 0 aliphatic carbocycles. The first-order valence-electron chi connectivity index (χ1n) is 12.7. The van der Waals surface area contributed by atoms with Crippen molar-refractivity contribution >= 4 is 18.0 Å². The van der Waals surface area contributed by atoms with Crippen LogP contribution in [0, 0.1) is 12.3 Å². The summed E-state index contributed by atoms with van der Waals surface area (Å²) in [4.78, 5) is 38.2. The zero-order valence-electron chi connectivity index (χ0n) is 23.5. The van der Waals surface area contributed by atoms with E-state index in [1.54, 1.807) is 20.8 Å². The highest BCUT2D eigenvalue weighted by molar-refractivity contribution is 5.80. The van der Waals surface area contributed by atoms with Gasteiger partial charge in [-0.15, -0.1) is 6.42 Å². The van der Waals surface area contributed by atoms with E-state index in [4.69, 9.17) is 34.8 Å². The van der Waals surface area contributed by atoms with Crippen molar-refractivity contribution in [2.45, 2.75) is 82.0 Å². The molecule has 1 saturated heterocycles. The Bertz CT molecular complexity index is 859. The van der Waals surface area contributed by atoms with E-state index in [0.29, 0.717) is 0 Å². The fourth-order valence-corrected chi connectivity index (χ4v) is 3.76. The summed E-state index contributed by atoms with van der Waals surface area (Å²) in [5.74, 6) is -2.23. The molecule has 1 aliphatic heterocycles. The van der Waals surface area contributed by atoms with Gasteiger partial charge in [-0.05, 0) is 20.8 Å². The van der Waals surface area contributed by atoms with Gasteiger partial charge in [-0.3, -0.25) is 4.79 Å². The van der Waals surface area contributed by atoms with Gasteiger partial charge in [0.1, 0.15) is 36.6 Å². The van der Waals surface area contributed by atoms with Gasteiger partial charge in [-0.1, -0.05) is 12.8 Å². The number of carbonyl (C=O) groups is 3. The average Bonchev–Trinajstić information content (AvgIpc) is 2.90. The molecule has 7 atom stereocenters. The molecule has 15 nitrogen and oxygen atoms in total. The smallest absolute Gasteiger partial charge is 0.408 e. The Morgan fingerprint density at radius 3 is 2.25 bits per heavy atom. The van der Waals surface area contributed by atoms with Gasteiger partial charge in [0.05, 0.1) is 52.2 Å². The molecule has 15 heteroatoms. The third-order valence-electron chi connectivity index (χ3n) is 5.60. The summed E-state index contributed by atoms with van der Waals surface area (Å²) >= 11 is 0. The number of alkyl carbamates (subject to hydrolysis) is 1. The van der Waals surface area contributed by atoms with E-state index in [0.717, 1.165) is 7.11 Å². The van der Waals surface area contributed by atoms with Crippen molar-refractivity contribution in [3.8, 4) is 12.3 Å². The highest BCUT2D eigenvalue weighted by Crippen LogP contribution is 2.35. The zero-order valence-corrected chi connectivity index (χ0v) is 23.5. The van der Waals surface area contributed by atoms with Crippen LogP contribution in [0.25, 0.3) is 0 Å². The van der Waals surface area contributed by atoms with E-state index in [1.807, 2.05) is 0 Å². The predicted octanol–water partition coefficient (Wildman–Crippen LogP) is -2.20. The molecule has 0 bridgehead atoms. The van der Waals surface area contributed by atoms with Gasteiger partial charge in [0, 0.05) is 6.42 Å². The van der Waals surface area contributed by atoms with Crippen LogP contribution < -0.4 is 10.6 Å². The largest absolute Gasteiger partial charge is 0.465 e. The molecule has 1 fully saturated rings. The Morgan fingerprint density at radius 2 is 1.70 bits per heavy atom. The monoisotopic (exact) mass is 578 g/mol. The van der Waals surface area contributed by atoms with Gasteiger partial charge in [-0.25, -0.2) is 9.59 Å². The number of methoxy groups -OCH3 is 1. The Hall–Kier alpha value is -2.55. The number of hydrogen-bond acceptors (Lipinski definition) is 13. The number of carbonyl (C=O) groups excluding carboxylic acids is 3. The van der Waals surface area contributed by atoms with Crippen molar-refractivity contribution in [3.05, 3.63) is 0 Å². The van der Waals surface area contributed by atoms with Crippen molar-refractivity contribution in [2.24, 2.45) is 0 Å². The SMILES string of the molecule is C#CCOCCOCCO[C@@]1(C(=O)OC)O[C@@H]([C@H](O)[C@H](O)CO)[C@H](NC(=O)OC(C)(C)C)[C@@H](NC(=O)CC)[C@@H]1O. The molecular formula is C25H42N2O13. The summed E-state index contributed by atoms with van der Waals surface area (Å²) in [7, 11) is 0.988. The molecule has 0 spiro atoms. The first kappa shape index (κ1) is 35.5. The fraction of sp³-hybridized carbons (Fsp3) is 0.800. The molecule has 230 valence electrons. The number of aliphatic hydroxyl groups excluding tert-OH is 4. The van der Waals surface area contributed by atoms with Crippen LogP contribution in [0.3, 0.4) is 0 Å². The van der Waals surface area contributed by atoms with Crippen LogP contribution in [0.4, 0.5) is 4.79 Å². The maximum atomic E-state index is 13.0. The van der Waals surface area contributed by atoms with Gasteiger partial charge in [0.2, 0.25) is 5.91 Å². The molecule has 2 amide bonds. The normalized spacial score (nSPS) is 26.2. The number of nitrogens with one attached hydrogen (secondary N) is 2. The van der Waals surface area contributed by atoms with Gasteiger partial charge in [0.25, 0.3) is 5.79 Å². The molecule has 0 saturated carbocycles. The third-order valence-corrected chi connectivity index (χ3v) is 5.60. The lowest BCUT2D eigenvalue weighted by Gasteiger charge is -2.51. The van der Waals surface area contributed by atoms with E-state index in [-0.39, 0.29) is 39.5 Å². The van der Waals surface area contributed by atoms with Gasteiger partial charge < -0.3 is 59.5 Å². The fourth-order valence-electron chi connectivity index (χ4n) is 3.76. The van der Waals surface area contributed by atoms with E-state index in [2.05, 4.69) is 16.6 Å². The Kier molecular flexibility index (Phi) is 14.8. The van der Waals surface area contributed by atoms with Gasteiger partial charge >= 0.3 is 12.1 Å². The Morgan fingerprint density at radius 1 is 1.07 bits per heavy atom. The zero-order chi connectivity index (χ0) is 30.5. The second-order valence-electron chi connectivity index (χ2n) is 9.76. The first-order chi connectivity index (χ1) is 18.8. The Balaban J connectivity index is 3.42. The lowest BCUT2D eigenvalue weighted by Crippen LogP contribution is -2.77. The molecular weight excluding hydrogens is 536 g/mol. The first-order valence-corrected chi connectivity index (χ1v) is 12.7. The molecule has 0 unspecified atom stereocenters. The summed E-state index contributed by atoms with van der Waals surface area (Å²) in [6, 6.07) is -3.04. The summed E-state index contributed by atoms with van der Waals surface area (Å²) in [6.45, 7) is 5.30. The van der Waals surface area contributed by atoms with Crippen LogP contribution in [-0.4, -0.2) is 133 Å². The third kappa shape index (κ3) is 10.1. The number of terminal acetylenes is 1. The summed E-state index contributed by atoms with van der Waals surface area (Å²) in [5.41, 5.74) is -0.954. The lowest BCUT2D eigenvalue weighted by atomic mass is 9.84. The Labute approximate surface area is 233 Å². The highest BCUT2D eigenvalue weighted by atomic mass is 16.7. The molecule has 40 heavy (non-hydrogen) atoms. The quantitative estimate of drug-likeness (QED) is 0.0693. The van der Waals surface area contributed by atoms with Crippen LogP contribution in [0.5, 0.6) is 0 Å². The van der Waals surface area contributed by atoms with Crippen molar-refractivity contribution in [3.63, 3.8) is 0 Å². The van der Waals surface area contributed by atoms with Crippen molar-refractivity contribution in [2.75, 3.05) is 46.8 Å². The molecule has 0 aromatic carbocycles. The second kappa shape index (κ2) is 16.7. The van der Waals surface area contributed by atoms with Crippen molar-refractivity contribution < 1.29 is 63.2 Å². The molecule has 0 aromatic heterocycles. The number of aliphatic hydroxyl groups is 4. The van der Waals surface area contributed by atoms with Crippen molar-refractivity contribution in [1.82, 2.24) is 10.6 Å². The van der Waals surface area contributed by atoms with E-state index >= 15 is 0 Å². The number of ether oxygens (including phenoxy) is 6.